The fourth-order valence-electron chi connectivity index (χ4n) is 1.14. The van der Waals surface area contributed by atoms with Crippen LogP contribution >= 0.6 is 11.6 Å². The number of hydrogen-bond acceptors (Lipinski definition) is 3. The molecule has 0 aliphatic carbocycles. The summed E-state index contributed by atoms with van der Waals surface area (Å²) in [6.45, 7) is 3.55. The molecule has 0 aromatic carbocycles. The molecule has 1 heterocycles. The van der Waals surface area contributed by atoms with E-state index in [4.69, 9.17) is 11.6 Å². The highest BCUT2D eigenvalue weighted by atomic mass is 35.5. The van der Waals surface area contributed by atoms with Crippen molar-refractivity contribution in [1.82, 2.24) is 10.3 Å². The number of carbonyl (C=O) groups is 1. The molecule has 0 bridgehead atoms. The van der Waals surface area contributed by atoms with Gasteiger partial charge in [0, 0.05) is 6.20 Å². The largest absolute Gasteiger partial charge is 0.394 e. The van der Waals surface area contributed by atoms with Crippen LogP contribution in [0.1, 0.15) is 30.6 Å². The van der Waals surface area contributed by atoms with Crippen LogP contribution in [0.3, 0.4) is 0 Å². The maximum absolute atomic E-state index is 11.9. The van der Waals surface area contributed by atoms with Crippen molar-refractivity contribution in [2.45, 2.75) is 25.8 Å². The van der Waals surface area contributed by atoms with Crippen LogP contribution in [0.5, 0.6) is 0 Å². The van der Waals surface area contributed by atoms with Gasteiger partial charge in [0.1, 0.15) is 5.15 Å². The first-order chi connectivity index (χ1) is 7.52. The second-order valence-electron chi connectivity index (χ2n) is 3.87. The van der Waals surface area contributed by atoms with Crippen molar-refractivity contribution in [3.63, 3.8) is 0 Å². The fourth-order valence-corrected chi connectivity index (χ4v) is 1.34. The Kier molecular flexibility index (Phi) is 4.26. The maximum Gasteiger partial charge on any atom is 0.254 e. The van der Waals surface area contributed by atoms with Gasteiger partial charge in [-0.2, -0.15) is 0 Å². The number of pyridine rings is 1. The van der Waals surface area contributed by atoms with E-state index in [0.29, 0.717) is 12.0 Å². The molecule has 0 aliphatic heterocycles. The van der Waals surface area contributed by atoms with Crippen molar-refractivity contribution in [1.29, 1.82) is 0 Å². The second kappa shape index (κ2) is 5.27. The summed E-state index contributed by atoms with van der Waals surface area (Å²) in [5.74, 6) is -0.323. The van der Waals surface area contributed by atoms with Crippen molar-refractivity contribution in [3.8, 4) is 0 Å². The van der Waals surface area contributed by atoms with E-state index in [0.717, 1.165) is 0 Å². The van der Waals surface area contributed by atoms with Crippen LogP contribution in [0.15, 0.2) is 18.3 Å². The van der Waals surface area contributed by atoms with Crippen molar-refractivity contribution in [2.24, 2.45) is 0 Å². The van der Waals surface area contributed by atoms with Gasteiger partial charge in [-0.25, -0.2) is 4.98 Å². The molecule has 0 saturated carbocycles. The fraction of sp³-hybridized carbons (Fsp3) is 0.455. The SMILES string of the molecule is CCC(C)(CO)NC(=O)c1cccnc1Cl. The van der Waals surface area contributed by atoms with Crippen molar-refractivity contribution in [3.05, 3.63) is 29.0 Å². The lowest BCUT2D eigenvalue weighted by Gasteiger charge is -2.27. The zero-order chi connectivity index (χ0) is 12.2. The third-order valence-corrected chi connectivity index (χ3v) is 2.85. The summed E-state index contributed by atoms with van der Waals surface area (Å²) in [6, 6.07) is 3.24. The third kappa shape index (κ3) is 2.93. The van der Waals surface area contributed by atoms with Crippen LogP contribution in [-0.2, 0) is 0 Å². The summed E-state index contributed by atoms with van der Waals surface area (Å²) in [5, 5.41) is 12.1. The molecular weight excluding hydrogens is 228 g/mol. The van der Waals surface area contributed by atoms with Crippen LogP contribution in [0.2, 0.25) is 5.15 Å². The Morgan fingerprint density at radius 1 is 1.69 bits per heavy atom. The van der Waals surface area contributed by atoms with Gasteiger partial charge in [-0.1, -0.05) is 18.5 Å². The predicted octanol–water partition coefficient (Wildman–Crippen LogP) is 1.63. The number of halogens is 1. The first-order valence-corrected chi connectivity index (χ1v) is 5.44. The number of aromatic nitrogens is 1. The molecule has 88 valence electrons. The van der Waals surface area contributed by atoms with Crippen molar-refractivity contribution < 1.29 is 9.90 Å². The molecule has 0 radical (unpaired) electrons. The van der Waals surface area contributed by atoms with Crippen LogP contribution < -0.4 is 5.32 Å². The molecule has 0 spiro atoms. The Morgan fingerprint density at radius 3 is 2.88 bits per heavy atom. The minimum atomic E-state index is -0.629. The van der Waals surface area contributed by atoms with E-state index < -0.39 is 5.54 Å². The minimum Gasteiger partial charge on any atom is -0.394 e. The van der Waals surface area contributed by atoms with Gasteiger partial charge in [-0.15, -0.1) is 0 Å². The molecular formula is C11H15ClN2O2. The number of rotatable bonds is 4. The Labute approximate surface area is 99.6 Å². The molecule has 0 saturated heterocycles. The highest BCUT2D eigenvalue weighted by Crippen LogP contribution is 2.14. The summed E-state index contributed by atoms with van der Waals surface area (Å²) in [5.41, 5.74) is -0.312. The normalized spacial score (nSPS) is 14.2. The molecule has 1 amide bonds. The summed E-state index contributed by atoms with van der Waals surface area (Å²) in [7, 11) is 0. The highest BCUT2D eigenvalue weighted by molar-refractivity contribution is 6.32. The van der Waals surface area contributed by atoms with Gasteiger partial charge < -0.3 is 10.4 Å². The molecule has 16 heavy (non-hydrogen) atoms. The summed E-state index contributed by atoms with van der Waals surface area (Å²) >= 11 is 5.80. The maximum atomic E-state index is 11.9. The van der Waals surface area contributed by atoms with Gasteiger partial charge in [0.05, 0.1) is 17.7 Å². The number of nitrogens with one attached hydrogen (secondary N) is 1. The molecule has 4 nitrogen and oxygen atoms in total. The van der Waals surface area contributed by atoms with E-state index in [1.54, 1.807) is 19.1 Å². The summed E-state index contributed by atoms with van der Waals surface area (Å²) in [6.07, 6.45) is 2.15. The molecule has 1 aromatic rings. The van der Waals surface area contributed by atoms with E-state index in [-0.39, 0.29) is 17.7 Å². The lowest BCUT2D eigenvalue weighted by atomic mass is 10.00. The van der Waals surface area contributed by atoms with Gasteiger partial charge in [0.25, 0.3) is 5.91 Å². The smallest absolute Gasteiger partial charge is 0.254 e. The number of nitrogens with zero attached hydrogens (tertiary/aromatic N) is 1. The van der Waals surface area contributed by atoms with Crippen molar-refractivity contribution in [2.75, 3.05) is 6.61 Å². The van der Waals surface area contributed by atoms with Gasteiger partial charge >= 0.3 is 0 Å². The topological polar surface area (TPSA) is 62.2 Å². The Bertz CT molecular complexity index is 378. The zero-order valence-corrected chi connectivity index (χ0v) is 10.1. The van der Waals surface area contributed by atoms with Gasteiger partial charge in [0.2, 0.25) is 0 Å². The Morgan fingerprint density at radius 2 is 2.38 bits per heavy atom. The number of amides is 1. The van der Waals surface area contributed by atoms with E-state index >= 15 is 0 Å². The van der Waals surface area contributed by atoms with Crippen molar-refractivity contribution >= 4 is 17.5 Å². The average Bonchev–Trinajstić information content (AvgIpc) is 2.29. The number of hydrogen-bond donors (Lipinski definition) is 2. The summed E-state index contributed by atoms with van der Waals surface area (Å²) < 4.78 is 0. The molecule has 0 fully saturated rings. The zero-order valence-electron chi connectivity index (χ0n) is 9.33. The monoisotopic (exact) mass is 242 g/mol. The van der Waals surface area contributed by atoms with Crippen LogP contribution in [0.4, 0.5) is 0 Å². The van der Waals surface area contributed by atoms with Crippen LogP contribution in [0, 0.1) is 0 Å². The number of carbonyl (C=O) groups excluding carboxylic acids is 1. The highest BCUT2D eigenvalue weighted by Gasteiger charge is 2.24. The average molecular weight is 243 g/mol. The number of aliphatic hydroxyl groups excluding tert-OH is 1. The molecule has 1 atom stereocenters. The van der Waals surface area contributed by atoms with E-state index in [9.17, 15) is 9.90 Å². The molecule has 0 aliphatic rings. The molecule has 5 heteroatoms. The third-order valence-electron chi connectivity index (χ3n) is 2.55. The van der Waals surface area contributed by atoms with E-state index in [1.165, 1.54) is 6.20 Å². The van der Waals surface area contributed by atoms with Crippen LogP contribution in [0.25, 0.3) is 0 Å². The predicted molar refractivity (Wildman–Crippen MR) is 62.5 cm³/mol. The molecule has 2 N–H and O–H groups in total. The standard InChI is InChI=1S/C11H15ClN2O2/c1-3-11(2,7-15)14-10(16)8-5-4-6-13-9(8)12/h4-6,15H,3,7H2,1-2H3,(H,14,16). The van der Waals surface area contributed by atoms with Gasteiger partial charge in [0.15, 0.2) is 0 Å². The quantitative estimate of drug-likeness (QED) is 0.789. The van der Waals surface area contributed by atoms with Gasteiger partial charge in [-0.05, 0) is 25.5 Å². The van der Waals surface area contributed by atoms with Gasteiger partial charge in [-0.3, -0.25) is 4.79 Å². The second-order valence-corrected chi connectivity index (χ2v) is 4.23. The lowest BCUT2D eigenvalue weighted by molar-refractivity contribution is 0.0847. The first kappa shape index (κ1) is 12.9. The number of aliphatic hydroxyl groups is 1. The van der Waals surface area contributed by atoms with E-state index in [1.807, 2.05) is 6.92 Å². The van der Waals surface area contributed by atoms with Crippen LogP contribution in [-0.4, -0.2) is 28.1 Å². The Hall–Kier alpha value is -1.13. The first-order valence-electron chi connectivity index (χ1n) is 5.06. The minimum absolute atomic E-state index is 0.118. The molecule has 1 unspecified atom stereocenters. The molecule has 1 aromatic heterocycles. The Balaban J connectivity index is 2.84. The molecule has 1 rings (SSSR count). The lowest BCUT2D eigenvalue weighted by Crippen LogP contribution is -2.48. The van der Waals surface area contributed by atoms with E-state index in [2.05, 4.69) is 10.3 Å². The summed E-state index contributed by atoms with van der Waals surface area (Å²) in [4.78, 5) is 15.7.